The molecule has 0 amide bonds. The Morgan fingerprint density at radius 1 is 1.05 bits per heavy atom. The van der Waals surface area contributed by atoms with Gasteiger partial charge in [0.2, 0.25) is 0 Å². The summed E-state index contributed by atoms with van der Waals surface area (Å²) < 4.78 is 33.4. The molecule has 8 heteroatoms. The van der Waals surface area contributed by atoms with E-state index in [1.165, 1.54) is 12.1 Å². The maximum atomic E-state index is 13.5. The predicted octanol–water partition coefficient (Wildman–Crippen LogP) is 6.88. The van der Waals surface area contributed by atoms with E-state index in [9.17, 15) is 23.5 Å². The number of carboxylic acids is 1. The molecule has 1 atom stereocenters. The van der Waals surface area contributed by atoms with Crippen LogP contribution in [0.5, 0.6) is 0 Å². The van der Waals surface area contributed by atoms with Gasteiger partial charge in [-0.15, -0.1) is 0 Å². The summed E-state index contributed by atoms with van der Waals surface area (Å²) >= 11 is 0. The topological polar surface area (TPSA) is 82.8 Å². The fourth-order valence-corrected chi connectivity index (χ4v) is 4.93. The van der Waals surface area contributed by atoms with Crippen LogP contribution >= 0.6 is 0 Å². The van der Waals surface area contributed by atoms with Crippen LogP contribution in [0.4, 0.5) is 20.2 Å². The quantitative estimate of drug-likeness (QED) is 0.290. The third kappa shape index (κ3) is 5.11. The number of halogens is 2. The van der Waals surface area contributed by atoms with Gasteiger partial charge in [-0.3, -0.25) is 4.79 Å². The van der Waals surface area contributed by atoms with E-state index < -0.39 is 11.9 Å². The maximum Gasteiger partial charge on any atom is 0.337 e. The number of para-hydroxylation sites is 1. The van der Waals surface area contributed by atoms with Crippen LogP contribution in [0, 0.1) is 6.92 Å². The molecule has 1 aliphatic heterocycles. The average molecular weight is 519 g/mol. The second-order valence-electron chi connectivity index (χ2n) is 9.81. The zero-order valence-electron chi connectivity index (χ0n) is 21.1. The van der Waals surface area contributed by atoms with Crippen molar-refractivity contribution >= 4 is 28.3 Å². The standard InChI is InChI=1S/C30H28F2N2O4/c1-18-15-23(19(2)33-25-6-4-3-5-22(25)29(36)37)28-24(16-18)26(35)17-27(38-28)20-7-9-21(10-8-20)34-13-11-30(31,32)12-14-34/h3-10,15-17,19,33H,11-14H2,1-2H3,(H,36,37). The third-order valence-electron chi connectivity index (χ3n) is 7.01. The second kappa shape index (κ2) is 9.93. The van der Waals surface area contributed by atoms with Gasteiger partial charge in [-0.1, -0.05) is 18.2 Å². The van der Waals surface area contributed by atoms with E-state index in [4.69, 9.17) is 4.42 Å². The monoisotopic (exact) mass is 518 g/mol. The number of fused-ring (bicyclic) bond motifs is 1. The highest BCUT2D eigenvalue weighted by Gasteiger charge is 2.34. The Bertz CT molecular complexity index is 1550. The zero-order valence-corrected chi connectivity index (χ0v) is 21.1. The largest absolute Gasteiger partial charge is 0.478 e. The van der Waals surface area contributed by atoms with E-state index in [1.54, 1.807) is 24.3 Å². The minimum atomic E-state index is -2.61. The number of aromatic carboxylic acids is 1. The number of nitrogens with one attached hydrogen (secondary N) is 1. The summed E-state index contributed by atoms with van der Waals surface area (Å²) in [6.45, 7) is 4.35. The molecule has 38 heavy (non-hydrogen) atoms. The van der Waals surface area contributed by atoms with Crippen LogP contribution < -0.4 is 15.6 Å². The lowest BCUT2D eigenvalue weighted by atomic mass is 10.00. The van der Waals surface area contributed by atoms with E-state index >= 15 is 0 Å². The first-order valence-corrected chi connectivity index (χ1v) is 12.5. The fourth-order valence-electron chi connectivity index (χ4n) is 4.93. The van der Waals surface area contributed by atoms with E-state index in [-0.39, 0.29) is 43.0 Å². The van der Waals surface area contributed by atoms with Gasteiger partial charge in [-0.05, 0) is 61.9 Å². The number of alkyl halides is 2. The molecule has 1 saturated heterocycles. The Balaban J connectivity index is 1.49. The van der Waals surface area contributed by atoms with Crippen LogP contribution in [-0.4, -0.2) is 30.1 Å². The van der Waals surface area contributed by atoms with Gasteiger partial charge < -0.3 is 19.7 Å². The van der Waals surface area contributed by atoms with Gasteiger partial charge in [0.15, 0.2) is 5.43 Å². The number of carboxylic acid groups (broad SMARTS) is 1. The molecule has 1 aliphatic rings. The van der Waals surface area contributed by atoms with Crippen molar-refractivity contribution in [3.8, 4) is 11.3 Å². The highest BCUT2D eigenvalue weighted by Crippen LogP contribution is 2.33. The van der Waals surface area contributed by atoms with Crippen molar-refractivity contribution in [1.82, 2.24) is 0 Å². The van der Waals surface area contributed by atoms with Gasteiger partial charge in [-0.25, -0.2) is 13.6 Å². The van der Waals surface area contributed by atoms with E-state index in [0.717, 1.165) is 16.8 Å². The Hall–Kier alpha value is -4.20. The van der Waals surface area contributed by atoms with Crippen molar-refractivity contribution in [2.45, 2.75) is 38.7 Å². The summed E-state index contributed by atoms with van der Waals surface area (Å²) in [6.07, 6.45) is -0.334. The number of nitrogens with zero attached hydrogens (tertiary/aromatic N) is 1. The summed E-state index contributed by atoms with van der Waals surface area (Å²) in [4.78, 5) is 26.7. The lowest BCUT2D eigenvalue weighted by Crippen LogP contribution is -2.39. The van der Waals surface area contributed by atoms with E-state index in [1.807, 2.05) is 49.1 Å². The minimum Gasteiger partial charge on any atom is -0.478 e. The Morgan fingerprint density at radius 3 is 2.42 bits per heavy atom. The smallest absolute Gasteiger partial charge is 0.337 e. The number of aryl methyl sites for hydroxylation is 1. The molecule has 0 spiro atoms. The van der Waals surface area contributed by atoms with Crippen molar-refractivity contribution in [3.63, 3.8) is 0 Å². The molecule has 2 heterocycles. The second-order valence-corrected chi connectivity index (χ2v) is 9.81. The van der Waals surface area contributed by atoms with Crippen LogP contribution in [0.1, 0.15) is 47.3 Å². The summed E-state index contributed by atoms with van der Waals surface area (Å²) in [5.41, 5.74) is 3.99. The van der Waals surface area contributed by atoms with Gasteiger partial charge in [0, 0.05) is 54.5 Å². The normalized spacial score (nSPS) is 15.8. The number of carbonyl (C=O) groups is 1. The van der Waals surface area contributed by atoms with Crippen LogP contribution in [0.2, 0.25) is 0 Å². The Kier molecular flexibility index (Phi) is 6.65. The molecule has 4 aromatic rings. The molecule has 6 nitrogen and oxygen atoms in total. The maximum absolute atomic E-state index is 13.5. The number of anilines is 2. The zero-order chi connectivity index (χ0) is 27.0. The number of hydrogen-bond acceptors (Lipinski definition) is 5. The predicted molar refractivity (Wildman–Crippen MR) is 144 cm³/mol. The molecule has 3 aromatic carbocycles. The molecule has 1 fully saturated rings. The summed E-state index contributed by atoms with van der Waals surface area (Å²) in [5.74, 6) is -3.25. The van der Waals surface area contributed by atoms with Gasteiger partial charge >= 0.3 is 5.97 Å². The SMILES string of the molecule is Cc1cc(C(C)Nc2ccccc2C(=O)O)c2oc(-c3ccc(N4CCC(F)(F)CC4)cc3)cc(=O)c2c1. The highest BCUT2D eigenvalue weighted by atomic mass is 19.3. The number of piperidine rings is 1. The van der Waals surface area contributed by atoms with Gasteiger partial charge in [0.25, 0.3) is 5.92 Å². The van der Waals surface area contributed by atoms with Gasteiger partial charge in [0.05, 0.1) is 17.0 Å². The molecule has 0 bridgehead atoms. The molecule has 196 valence electrons. The van der Waals surface area contributed by atoms with Gasteiger partial charge in [-0.2, -0.15) is 0 Å². The van der Waals surface area contributed by atoms with Crippen molar-refractivity contribution in [1.29, 1.82) is 0 Å². The first-order chi connectivity index (χ1) is 18.1. The highest BCUT2D eigenvalue weighted by molar-refractivity contribution is 5.94. The first-order valence-electron chi connectivity index (χ1n) is 12.5. The molecule has 0 radical (unpaired) electrons. The molecule has 5 rings (SSSR count). The van der Waals surface area contributed by atoms with Crippen LogP contribution in [-0.2, 0) is 0 Å². The molecule has 2 N–H and O–H groups in total. The van der Waals surface area contributed by atoms with Crippen molar-refractivity contribution in [3.05, 3.63) is 93.6 Å². The Labute approximate surface area is 218 Å². The summed E-state index contributed by atoms with van der Waals surface area (Å²) in [6, 6.07) is 18.8. The lowest BCUT2D eigenvalue weighted by molar-refractivity contribution is -0.0220. The first kappa shape index (κ1) is 25.4. The van der Waals surface area contributed by atoms with Crippen molar-refractivity contribution < 1.29 is 23.1 Å². The third-order valence-corrected chi connectivity index (χ3v) is 7.01. The number of rotatable bonds is 6. The van der Waals surface area contributed by atoms with Crippen LogP contribution in [0.25, 0.3) is 22.3 Å². The molecular weight excluding hydrogens is 490 g/mol. The number of benzene rings is 3. The molecule has 0 aliphatic carbocycles. The van der Waals surface area contributed by atoms with Crippen molar-refractivity contribution in [2.24, 2.45) is 0 Å². The van der Waals surface area contributed by atoms with E-state index in [2.05, 4.69) is 5.32 Å². The molecule has 1 aromatic heterocycles. The summed E-state index contributed by atoms with van der Waals surface area (Å²) in [7, 11) is 0. The molecule has 0 saturated carbocycles. The minimum absolute atomic E-state index is 0.149. The Morgan fingerprint density at radius 2 is 1.74 bits per heavy atom. The number of hydrogen-bond donors (Lipinski definition) is 2. The molecule has 1 unspecified atom stereocenters. The van der Waals surface area contributed by atoms with E-state index in [0.29, 0.717) is 28.0 Å². The van der Waals surface area contributed by atoms with Gasteiger partial charge in [0.1, 0.15) is 11.3 Å². The van der Waals surface area contributed by atoms with Crippen LogP contribution in [0.15, 0.2) is 75.9 Å². The summed E-state index contributed by atoms with van der Waals surface area (Å²) in [5, 5.41) is 13.2. The molecular formula is C30H28F2N2O4. The van der Waals surface area contributed by atoms with Crippen LogP contribution in [0.3, 0.4) is 0 Å². The lowest BCUT2D eigenvalue weighted by Gasteiger charge is -2.33. The van der Waals surface area contributed by atoms with Crippen molar-refractivity contribution in [2.75, 3.05) is 23.3 Å². The fraction of sp³-hybridized carbons (Fsp3) is 0.267. The average Bonchev–Trinajstić information content (AvgIpc) is 2.89.